The standard InChI is InChI=1S/C21H18O6/c1-25-20-18-12(10-14(23)19(20)24)21(9-8-13(18)22)26-15-6-2-4-11-5-3-7-16(27-21)17(11)15/h2-9,12,14,19,23-24H,10H2,1H3/t12?,14-,19-/m1/s1. The third-order valence-electron chi connectivity index (χ3n) is 5.53. The molecule has 3 aliphatic rings. The first-order chi connectivity index (χ1) is 13.0. The molecule has 1 heterocycles. The molecule has 1 aliphatic heterocycles. The first-order valence-electron chi connectivity index (χ1n) is 8.81. The average molecular weight is 366 g/mol. The van der Waals surface area contributed by atoms with E-state index in [9.17, 15) is 15.0 Å². The van der Waals surface area contributed by atoms with E-state index in [0.717, 1.165) is 10.8 Å². The highest BCUT2D eigenvalue weighted by Gasteiger charge is 2.55. The largest absolute Gasteiger partial charge is 0.498 e. The van der Waals surface area contributed by atoms with Crippen LogP contribution in [-0.4, -0.2) is 41.1 Å². The van der Waals surface area contributed by atoms with Gasteiger partial charge >= 0.3 is 0 Å². The summed E-state index contributed by atoms with van der Waals surface area (Å²) in [6, 6.07) is 11.5. The van der Waals surface area contributed by atoms with Crippen molar-refractivity contribution >= 4 is 16.6 Å². The number of ether oxygens (including phenoxy) is 3. The van der Waals surface area contributed by atoms with Crippen LogP contribution in [0.25, 0.3) is 10.8 Å². The summed E-state index contributed by atoms with van der Waals surface area (Å²) < 4.78 is 17.8. The van der Waals surface area contributed by atoms with Crippen molar-refractivity contribution < 1.29 is 29.2 Å². The fraction of sp³-hybridized carbons (Fsp3) is 0.286. The number of benzene rings is 2. The SMILES string of the molecule is COC1=C2C(=O)C=CC3(Oc4cccc5cccc(c45)O3)C2C[C@@H](O)[C@H]1O. The van der Waals surface area contributed by atoms with Crippen molar-refractivity contribution in [2.45, 2.75) is 24.4 Å². The maximum atomic E-state index is 12.6. The van der Waals surface area contributed by atoms with E-state index in [4.69, 9.17) is 14.2 Å². The van der Waals surface area contributed by atoms with Gasteiger partial charge < -0.3 is 24.4 Å². The molecule has 138 valence electrons. The predicted octanol–water partition coefficient (Wildman–Crippen LogP) is 2.09. The lowest BCUT2D eigenvalue weighted by atomic mass is 9.73. The number of aliphatic hydroxyl groups excluding tert-OH is 2. The van der Waals surface area contributed by atoms with E-state index in [1.54, 1.807) is 6.08 Å². The fourth-order valence-electron chi connectivity index (χ4n) is 4.30. The Morgan fingerprint density at radius 3 is 2.41 bits per heavy atom. The molecule has 6 heteroatoms. The van der Waals surface area contributed by atoms with Crippen molar-refractivity contribution in [2.75, 3.05) is 7.11 Å². The highest BCUT2D eigenvalue weighted by Crippen LogP contribution is 2.50. The number of hydrogen-bond donors (Lipinski definition) is 2. The van der Waals surface area contributed by atoms with Crippen LogP contribution >= 0.6 is 0 Å². The molecular weight excluding hydrogens is 348 g/mol. The van der Waals surface area contributed by atoms with Gasteiger partial charge in [0.25, 0.3) is 5.79 Å². The first kappa shape index (κ1) is 16.4. The Morgan fingerprint density at radius 2 is 1.78 bits per heavy atom. The molecule has 0 amide bonds. The first-order valence-corrected chi connectivity index (χ1v) is 8.81. The van der Waals surface area contributed by atoms with Crippen LogP contribution in [0.15, 0.2) is 59.9 Å². The highest BCUT2D eigenvalue weighted by atomic mass is 16.7. The molecule has 1 spiro atoms. The average Bonchev–Trinajstić information content (AvgIpc) is 2.67. The minimum atomic E-state index is -1.29. The van der Waals surface area contributed by atoms with Gasteiger partial charge in [-0.2, -0.15) is 0 Å². The van der Waals surface area contributed by atoms with Gasteiger partial charge in [-0.3, -0.25) is 4.79 Å². The minimum absolute atomic E-state index is 0.0664. The molecule has 0 bridgehead atoms. The number of carbonyl (C=O) groups is 1. The van der Waals surface area contributed by atoms with E-state index in [1.165, 1.54) is 13.2 Å². The molecule has 2 aromatic carbocycles. The van der Waals surface area contributed by atoms with Gasteiger partial charge in [0.05, 0.1) is 30.1 Å². The van der Waals surface area contributed by atoms with Crippen LogP contribution < -0.4 is 9.47 Å². The topological polar surface area (TPSA) is 85.2 Å². The third-order valence-corrected chi connectivity index (χ3v) is 5.53. The fourth-order valence-corrected chi connectivity index (χ4v) is 4.30. The maximum Gasteiger partial charge on any atom is 0.278 e. The van der Waals surface area contributed by atoms with E-state index in [2.05, 4.69) is 0 Å². The van der Waals surface area contributed by atoms with Crippen LogP contribution in [0.2, 0.25) is 0 Å². The zero-order chi connectivity index (χ0) is 18.8. The maximum absolute atomic E-state index is 12.6. The molecule has 0 aromatic heterocycles. The predicted molar refractivity (Wildman–Crippen MR) is 96.2 cm³/mol. The van der Waals surface area contributed by atoms with Crippen molar-refractivity contribution in [1.82, 2.24) is 0 Å². The number of hydrogen-bond acceptors (Lipinski definition) is 6. The molecule has 6 nitrogen and oxygen atoms in total. The van der Waals surface area contributed by atoms with Crippen molar-refractivity contribution in [2.24, 2.45) is 5.92 Å². The number of carbonyl (C=O) groups excluding carboxylic acids is 1. The number of allylic oxidation sites excluding steroid dienone is 1. The summed E-state index contributed by atoms with van der Waals surface area (Å²) >= 11 is 0. The summed E-state index contributed by atoms with van der Waals surface area (Å²) in [5.41, 5.74) is 0.282. The van der Waals surface area contributed by atoms with Gasteiger partial charge in [-0.25, -0.2) is 0 Å². The van der Waals surface area contributed by atoms with Crippen molar-refractivity contribution in [3.8, 4) is 11.5 Å². The van der Waals surface area contributed by atoms with Gasteiger partial charge in [0, 0.05) is 6.08 Å². The number of methoxy groups -OCH3 is 1. The second-order valence-corrected chi connectivity index (χ2v) is 7.02. The van der Waals surface area contributed by atoms with Crippen LogP contribution in [0.3, 0.4) is 0 Å². The Labute approximate surface area is 155 Å². The molecule has 2 aromatic rings. The summed E-state index contributed by atoms with van der Waals surface area (Å²) in [6.07, 6.45) is 0.731. The molecule has 3 atom stereocenters. The van der Waals surface area contributed by atoms with Crippen LogP contribution in [0.4, 0.5) is 0 Å². The lowest BCUT2D eigenvalue weighted by Crippen LogP contribution is -2.56. The highest BCUT2D eigenvalue weighted by molar-refractivity contribution is 6.06. The molecular formula is C21H18O6. The van der Waals surface area contributed by atoms with Crippen molar-refractivity contribution in [3.63, 3.8) is 0 Å². The van der Waals surface area contributed by atoms with Crippen molar-refractivity contribution in [3.05, 3.63) is 59.9 Å². The Morgan fingerprint density at radius 1 is 1.11 bits per heavy atom. The minimum Gasteiger partial charge on any atom is -0.498 e. The van der Waals surface area contributed by atoms with E-state index in [-0.39, 0.29) is 23.5 Å². The molecule has 0 saturated heterocycles. The normalized spacial score (nSPS) is 28.0. The molecule has 2 N–H and O–H groups in total. The molecule has 0 saturated carbocycles. The molecule has 5 rings (SSSR count). The lowest BCUT2D eigenvalue weighted by Gasteiger charge is -2.46. The Balaban J connectivity index is 1.71. The summed E-state index contributed by atoms with van der Waals surface area (Å²) in [4.78, 5) is 12.6. The lowest BCUT2D eigenvalue weighted by molar-refractivity contribution is -0.143. The number of rotatable bonds is 1. The van der Waals surface area contributed by atoms with Crippen LogP contribution in [-0.2, 0) is 9.53 Å². The Hall–Kier alpha value is -2.83. The molecule has 2 aliphatic carbocycles. The van der Waals surface area contributed by atoms with Gasteiger partial charge in [0.15, 0.2) is 5.78 Å². The molecule has 0 radical (unpaired) electrons. The zero-order valence-corrected chi connectivity index (χ0v) is 14.6. The van der Waals surface area contributed by atoms with Gasteiger partial charge in [-0.1, -0.05) is 24.3 Å². The van der Waals surface area contributed by atoms with Crippen LogP contribution in [0.1, 0.15) is 6.42 Å². The van der Waals surface area contributed by atoms with Crippen molar-refractivity contribution in [1.29, 1.82) is 0 Å². The molecule has 0 fully saturated rings. The van der Waals surface area contributed by atoms with E-state index >= 15 is 0 Å². The molecule has 1 unspecified atom stereocenters. The summed E-state index contributed by atoms with van der Waals surface area (Å²) in [5, 5.41) is 22.5. The Kier molecular flexibility index (Phi) is 3.38. The monoisotopic (exact) mass is 366 g/mol. The summed E-state index contributed by atoms with van der Waals surface area (Å²) in [6.45, 7) is 0. The smallest absolute Gasteiger partial charge is 0.278 e. The number of ketones is 1. The van der Waals surface area contributed by atoms with E-state index in [1.807, 2.05) is 36.4 Å². The van der Waals surface area contributed by atoms with E-state index in [0.29, 0.717) is 11.5 Å². The van der Waals surface area contributed by atoms with Gasteiger partial charge in [0.1, 0.15) is 23.4 Å². The summed E-state index contributed by atoms with van der Waals surface area (Å²) in [7, 11) is 1.37. The van der Waals surface area contributed by atoms with E-state index < -0.39 is 23.9 Å². The van der Waals surface area contributed by atoms with Crippen LogP contribution in [0.5, 0.6) is 11.5 Å². The Bertz CT molecular complexity index is 980. The van der Waals surface area contributed by atoms with Gasteiger partial charge in [0.2, 0.25) is 0 Å². The van der Waals surface area contributed by atoms with Gasteiger partial charge in [-0.05, 0) is 30.0 Å². The zero-order valence-electron chi connectivity index (χ0n) is 14.6. The summed E-state index contributed by atoms with van der Waals surface area (Å²) in [5.74, 6) is -0.836. The van der Waals surface area contributed by atoms with Gasteiger partial charge in [-0.15, -0.1) is 0 Å². The molecule has 27 heavy (non-hydrogen) atoms. The quantitative estimate of drug-likeness (QED) is 0.804. The van der Waals surface area contributed by atoms with Crippen LogP contribution in [0, 0.1) is 5.92 Å². The number of aliphatic hydroxyl groups is 2. The number of fused-ring (bicyclic) bond motifs is 2. The second-order valence-electron chi connectivity index (χ2n) is 7.02. The third kappa shape index (κ3) is 2.17. The second kappa shape index (κ2) is 5.58.